The average molecular weight is 276 g/mol. The Morgan fingerprint density at radius 3 is 2.73 bits per heavy atom. The lowest BCUT2D eigenvalue weighted by molar-refractivity contribution is -0.419. The molecule has 1 aromatic heterocycles. The molecule has 0 N–H and O–H groups in total. The smallest absolute Gasteiger partial charge is 0.409 e. The molecule has 0 atom stereocenters. The number of carbonyl (C=O) groups excluding carboxylic acids is 1. The fourth-order valence-corrected chi connectivity index (χ4v) is 1.15. The number of methoxy groups -OCH3 is 1. The van der Waals surface area contributed by atoms with Crippen molar-refractivity contribution >= 4 is 28.0 Å². The Kier molecular flexibility index (Phi) is 3.62. The van der Waals surface area contributed by atoms with Crippen LogP contribution in [0.3, 0.4) is 0 Å². The van der Waals surface area contributed by atoms with E-state index in [1.54, 1.807) is 6.07 Å². The first-order valence-corrected chi connectivity index (χ1v) is 4.53. The molecule has 80 valence electrons. The Morgan fingerprint density at radius 1 is 1.67 bits per heavy atom. The van der Waals surface area contributed by atoms with Crippen LogP contribution in [-0.4, -0.2) is 18.0 Å². The second-order valence-electron chi connectivity index (χ2n) is 2.42. The third-order valence-corrected chi connectivity index (χ3v) is 1.89. The highest BCUT2D eigenvalue weighted by Gasteiger charge is 2.23. The van der Waals surface area contributed by atoms with Crippen molar-refractivity contribution in [1.29, 1.82) is 0 Å². The molecule has 15 heavy (non-hydrogen) atoms. The summed E-state index contributed by atoms with van der Waals surface area (Å²) in [6, 6.07) is 3.04. The van der Waals surface area contributed by atoms with Crippen LogP contribution in [0.5, 0.6) is 0 Å². The van der Waals surface area contributed by atoms with Crippen LogP contribution in [0.1, 0.15) is 5.76 Å². The Bertz CT molecular complexity index is 422. The molecule has 1 aromatic rings. The molecular weight excluding hydrogens is 270 g/mol. The van der Waals surface area contributed by atoms with Gasteiger partial charge in [-0.05, 0) is 28.1 Å². The molecule has 0 spiro atoms. The number of halogens is 1. The van der Waals surface area contributed by atoms with E-state index < -0.39 is 16.6 Å². The molecule has 0 aliphatic heterocycles. The fourth-order valence-electron chi connectivity index (χ4n) is 0.831. The van der Waals surface area contributed by atoms with Crippen molar-refractivity contribution in [3.63, 3.8) is 0 Å². The van der Waals surface area contributed by atoms with Gasteiger partial charge in [-0.1, -0.05) is 0 Å². The summed E-state index contributed by atoms with van der Waals surface area (Å²) in [7, 11) is 1.07. The van der Waals surface area contributed by atoms with Gasteiger partial charge in [0.15, 0.2) is 4.67 Å². The van der Waals surface area contributed by atoms with E-state index in [1.165, 1.54) is 6.07 Å². The lowest BCUT2D eigenvalue weighted by Gasteiger charge is -1.94. The maximum Gasteiger partial charge on any atom is 0.409 e. The van der Waals surface area contributed by atoms with Crippen molar-refractivity contribution in [3.8, 4) is 0 Å². The van der Waals surface area contributed by atoms with Crippen LogP contribution in [0.25, 0.3) is 6.08 Å². The zero-order valence-corrected chi connectivity index (χ0v) is 9.18. The monoisotopic (exact) mass is 275 g/mol. The molecule has 0 bridgehead atoms. The lowest BCUT2D eigenvalue weighted by atomic mass is 10.3. The van der Waals surface area contributed by atoms with Crippen molar-refractivity contribution in [2.75, 3.05) is 7.11 Å². The first-order chi connectivity index (χ1) is 7.04. The van der Waals surface area contributed by atoms with Gasteiger partial charge in [-0.2, -0.15) is 0 Å². The summed E-state index contributed by atoms with van der Waals surface area (Å²) in [6.45, 7) is 0. The average Bonchev–Trinajstić information content (AvgIpc) is 2.59. The molecule has 0 amide bonds. The van der Waals surface area contributed by atoms with Gasteiger partial charge in [-0.25, -0.2) is 4.79 Å². The van der Waals surface area contributed by atoms with Gasteiger partial charge in [-0.3, -0.25) is 10.1 Å². The Balaban J connectivity index is 3.04. The summed E-state index contributed by atoms with van der Waals surface area (Å²) in [6.07, 6.45) is 0.997. The molecule has 0 aliphatic rings. The van der Waals surface area contributed by atoms with Crippen LogP contribution >= 0.6 is 15.9 Å². The van der Waals surface area contributed by atoms with Gasteiger partial charge in [0.2, 0.25) is 0 Å². The van der Waals surface area contributed by atoms with Crippen LogP contribution in [0.4, 0.5) is 0 Å². The maximum absolute atomic E-state index is 11.0. The number of ether oxygens (including phenoxy) is 1. The minimum atomic E-state index is -1.02. The topological polar surface area (TPSA) is 82.6 Å². The summed E-state index contributed by atoms with van der Waals surface area (Å²) < 4.78 is 9.66. The van der Waals surface area contributed by atoms with Gasteiger partial charge >= 0.3 is 11.7 Å². The number of esters is 1. The number of nitro groups is 1. The highest BCUT2D eigenvalue weighted by Crippen LogP contribution is 2.17. The molecule has 0 aromatic carbocycles. The van der Waals surface area contributed by atoms with Crippen LogP contribution in [0, 0.1) is 10.1 Å². The van der Waals surface area contributed by atoms with E-state index in [0.717, 1.165) is 13.2 Å². The Labute approximate surface area is 92.8 Å². The fraction of sp³-hybridized carbons (Fsp3) is 0.125. The van der Waals surface area contributed by atoms with Gasteiger partial charge in [0.05, 0.1) is 18.1 Å². The van der Waals surface area contributed by atoms with Gasteiger partial charge in [0, 0.05) is 0 Å². The van der Waals surface area contributed by atoms with Crippen LogP contribution in [0.2, 0.25) is 0 Å². The first-order valence-electron chi connectivity index (χ1n) is 3.74. The minimum absolute atomic E-state index is 0.193. The molecule has 0 radical (unpaired) electrons. The number of carbonyl (C=O) groups is 1. The van der Waals surface area contributed by atoms with Crippen LogP contribution in [-0.2, 0) is 9.53 Å². The van der Waals surface area contributed by atoms with Gasteiger partial charge in [-0.15, -0.1) is 0 Å². The molecule has 0 saturated heterocycles. The number of rotatable bonds is 3. The van der Waals surface area contributed by atoms with Crippen molar-refractivity contribution in [1.82, 2.24) is 0 Å². The second kappa shape index (κ2) is 4.74. The molecule has 6 nitrogen and oxygen atoms in total. The number of nitrogens with zero attached hydrogens (tertiary/aromatic N) is 1. The minimum Gasteiger partial charge on any atom is -0.461 e. The number of hydrogen-bond donors (Lipinski definition) is 0. The van der Waals surface area contributed by atoms with Gasteiger partial charge < -0.3 is 9.15 Å². The van der Waals surface area contributed by atoms with E-state index >= 15 is 0 Å². The largest absolute Gasteiger partial charge is 0.461 e. The SMILES string of the molecule is COC(=O)C(=Cc1ccc(Br)o1)[N+](=O)[O-]. The van der Waals surface area contributed by atoms with E-state index in [4.69, 9.17) is 4.42 Å². The molecule has 1 rings (SSSR count). The summed E-state index contributed by atoms with van der Waals surface area (Å²) in [5, 5.41) is 10.5. The molecule has 0 aliphatic carbocycles. The summed E-state index contributed by atoms with van der Waals surface area (Å²) >= 11 is 3.03. The van der Waals surface area contributed by atoms with Crippen molar-refractivity contribution < 1.29 is 18.9 Å². The van der Waals surface area contributed by atoms with Crippen LogP contribution in [0.15, 0.2) is 26.9 Å². The Morgan fingerprint density at radius 2 is 2.33 bits per heavy atom. The van der Waals surface area contributed by atoms with E-state index in [-0.39, 0.29) is 5.76 Å². The second-order valence-corrected chi connectivity index (χ2v) is 3.20. The third-order valence-electron chi connectivity index (χ3n) is 1.46. The summed E-state index contributed by atoms with van der Waals surface area (Å²) in [5.74, 6) is -0.827. The molecule has 0 saturated carbocycles. The van der Waals surface area contributed by atoms with Crippen LogP contribution < -0.4 is 0 Å². The highest BCUT2D eigenvalue weighted by atomic mass is 79.9. The number of hydrogen-bond acceptors (Lipinski definition) is 5. The van der Waals surface area contributed by atoms with Crippen molar-refractivity contribution in [3.05, 3.63) is 38.4 Å². The zero-order valence-electron chi connectivity index (χ0n) is 7.60. The quantitative estimate of drug-likeness (QED) is 0.364. The predicted octanol–water partition coefficient (Wildman–Crippen LogP) is 1.83. The summed E-state index contributed by atoms with van der Waals surface area (Å²) in [5.41, 5.74) is -0.681. The van der Waals surface area contributed by atoms with Crippen molar-refractivity contribution in [2.45, 2.75) is 0 Å². The maximum atomic E-state index is 11.0. The highest BCUT2D eigenvalue weighted by molar-refractivity contribution is 9.10. The number of furan rings is 1. The molecular formula is C8H6BrNO5. The first kappa shape index (κ1) is 11.4. The zero-order chi connectivity index (χ0) is 11.4. The standard InChI is InChI=1S/C8H6BrNO5/c1-14-8(11)6(10(12)13)4-5-2-3-7(9)15-5/h2-4H,1H3. The van der Waals surface area contributed by atoms with Gasteiger partial charge in [0.25, 0.3) is 0 Å². The molecule has 7 heteroatoms. The predicted molar refractivity (Wildman–Crippen MR) is 53.4 cm³/mol. The third kappa shape index (κ3) is 2.91. The van der Waals surface area contributed by atoms with Crippen molar-refractivity contribution in [2.24, 2.45) is 0 Å². The Hall–Kier alpha value is -1.63. The molecule has 0 fully saturated rings. The molecule has 1 heterocycles. The summed E-state index contributed by atoms with van der Waals surface area (Å²) in [4.78, 5) is 20.6. The normalized spacial score (nSPS) is 11.2. The van der Waals surface area contributed by atoms with Gasteiger partial charge in [0.1, 0.15) is 5.76 Å². The van der Waals surface area contributed by atoms with E-state index in [0.29, 0.717) is 4.67 Å². The van der Waals surface area contributed by atoms with E-state index in [1.807, 2.05) is 0 Å². The van der Waals surface area contributed by atoms with E-state index in [9.17, 15) is 14.9 Å². The lowest BCUT2D eigenvalue weighted by Crippen LogP contribution is -2.12. The molecule has 0 unspecified atom stereocenters. The van der Waals surface area contributed by atoms with E-state index in [2.05, 4.69) is 20.7 Å².